The Labute approximate surface area is 183 Å². The second-order valence-corrected chi connectivity index (χ2v) is 9.16. The maximum absolute atomic E-state index is 13.4. The third kappa shape index (κ3) is 3.59. The average molecular weight is 438 g/mol. The summed E-state index contributed by atoms with van der Waals surface area (Å²) in [6, 6.07) is 15.6. The fourth-order valence-corrected chi connectivity index (χ4v) is 5.02. The highest BCUT2D eigenvalue weighted by atomic mass is 32.1. The number of hydrogen-bond donors (Lipinski definition) is 1. The number of aromatic nitrogens is 2. The lowest BCUT2D eigenvalue weighted by Gasteiger charge is -2.15. The van der Waals surface area contributed by atoms with Gasteiger partial charge in [0.25, 0.3) is 5.56 Å². The molecule has 1 amide bonds. The van der Waals surface area contributed by atoms with Crippen LogP contribution in [0.2, 0.25) is 0 Å². The normalized spacial score (nSPS) is 12.4. The Balaban J connectivity index is 2.05. The molecule has 30 heavy (non-hydrogen) atoms. The number of para-hydroxylation sites is 1. The van der Waals surface area contributed by atoms with Gasteiger partial charge in [-0.15, -0.1) is 11.3 Å². The zero-order valence-electron chi connectivity index (χ0n) is 17.1. The van der Waals surface area contributed by atoms with Crippen LogP contribution in [0.1, 0.15) is 25.8 Å². The van der Waals surface area contributed by atoms with Gasteiger partial charge in [-0.05, 0) is 50.2 Å². The minimum Gasteiger partial charge on any atom is -0.352 e. The van der Waals surface area contributed by atoms with Crippen LogP contribution in [-0.2, 0) is 11.3 Å². The summed E-state index contributed by atoms with van der Waals surface area (Å²) >= 11 is 7.16. The van der Waals surface area contributed by atoms with Gasteiger partial charge in [-0.2, -0.15) is 0 Å². The van der Waals surface area contributed by atoms with Crippen LogP contribution >= 0.6 is 23.6 Å². The highest BCUT2D eigenvalue weighted by molar-refractivity contribution is 7.73. The van der Waals surface area contributed by atoms with Crippen LogP contribution in [0.4, 0.5) is 0 Å². The molecule has 0 aliphatic rings. The summed E-state index contributed by atoms with van der Waals surface area (Å²) in [5.41, 5.74) is 3.34. The monoisotopic (exact) mass is 437 g/mol. The molecule has 2 aromatic carbocycles. The molecule has 4 rings (SSSR count). The lowest BCUT2D eigenvalue weighted by atomic mass is 10.1. The quantitative estimate of drug-likeness (QED) is 0.450. The van der Waals surface area contributed by atoms with E-state index in [2.05, 4.69) is 11.4 Å². The highest BCUT2D eigenvalue weighted by Gasteiger charge is 2.20. The van der Waals surface area contributed by atoms with Crippen molar-refractivity contribution in [1.82, 2.24) is 14.3 Å². The molecule has 2 aromatic heterocycles. The van der Waals surface area contributed by atoms with Crippen LogP contribution in [0.25, 0.3) is 27.0 Å². The van der Waals surface area contributed by atoms with Crippen LogP contribution in [-0.4, -0.2) is 20.9 Å². The molecule has 0 spiro atoms. The molecule has 1 atom stereocenters. The standard InChI is InChI=1S/C23H23N3O2S2/c1-4-15(3)24-19(27)13-25-21-20(16-9-7-8-14(2)12-16)30-23(29)26(21)18-11-6-5-10-17(18)22(25)28/h5-12,15H,4,13H2,1-3H3,(H,24,27). The first-order valence-electron chi connectivity index (χ1n) is 9.94. The minimum absolute atomic E-state index is 0.0463. The largest absolute Gasteiger partial charge is 0.352 e. The van der Waals surface area contributed by atoms with Crippen LogP contribution in [0.5, 0.6) is 0 Å². The van der Waals surface area contributed by atoms with Crippen molar-refractivity contribution in [3.05, 3.63) is 68.4 Å². The van der Waals surface area contributed by atoms with Crippen LogP contribution in [0.3, 0.4) is 0 Å². The van der Waals surface area contributed by atoms with Crippen molar-refractivity contribution < 1.29 is 4.79 Å². The molecule has 5 nitrogen and oxygen atoms in total. The Morgan fingerprint density at radius 1 is 1.20 bits per heavy atom. The van der Waals surface area contributed by atoms with Gasteiger partial charge < -0.3 is 5.32 Å². The maximum atomic E-state index is 13.4. The van der Waals surface area contributed by atoms with Crippen molar-refractivity contribution in [1.29, 1.82) is 0 Å². The number of nitrogens with one attached hydrogen (secondary N) is 1. The van der Waals surface area contributed by atoms with Crippen molar-refractivity contribution in [2.75, 3.05) is 0 Å². The zero-order chi connectivity index (χ0) is 21.4. The van der Waals surface area contributed by atoms with Crippen LogP contribution < -0.4 is 10.9 Å². The van der Waals surface area contributed by atoms with Gasteiger partial charge in [0, 0.05) is 6.04 Å². The Morgan fingerprint density at radius 3 is 2.70 bits per heavy atom. The van der Waals surface area contributed by atoms with Gasteiger partial charge in [0.1, 0.15) is 12.2 Å². The number of carbonyl (C=O) groups excluding carboxylic acids is 1. The summed E-state index contributed by atoms with van der Waals surface area (Å²) in [7, 11) is 0. The van der Waals surface area contributed by atoms with Crippen molar-refractivity contribution in [2.45, 2.75) is 39.8 Å². The predicted octanol–water partition coefficient (Wildman–Crippen LogP) is 4.94. The molecule has 0 saturated heterocycles. The number of amides is 1. The van der Waals surface area contributed by atoms with Crippen molar-refractivity contribution in [3.8, 4) is 10.4 Å². The van der Waals surface area contributed by atoms with Crippen molar-refractivity contribution >= 4 is 46.0 Å². The van der Waals surface area contributed by atoms with Gasteiger partial charge in [0.15, 0.2) is 3.95 Å². The smallest absolute Gasteiger partial charge is 0.262 e. The van der Waals surface area contributed by atoms with E-state index in [0.29, 0.717) is 15.0 Å². The molecule has 2 heterocycles. The van der Waals surface area contributed by atoms with E-state index in [9.17, 15) is 9.59 Å². The summed E-state index contributed by atoms with van der Waals surface area (Å²) in [5, 5.41) is 3.51. The van der Waals surface area contributed by atoms with E-state index in [4.69, 9.17) is 12.2 Å². The van der Waals surface area contributed by atoms with Gasteiger partial charge in [-0.25, -0.2) is 0 Å². The van der Waals surface area contributed by atoms with Crippen molar-refractivity contribution in [3.63, 3.8) is 0 Å². The van der Waals surface area contributed by atoms with Gasteiger partial charge in [0.05, 0.1) is 15.8 Å². The third-order valence-electron chi connectivity index (χ3n) is 5.26. The van der Waals surface area contributed by atoms with E-state index in [-0.39, 0.29) is 24.1 Å². The molecule has 1 N–H and O–H groups in total. The topological polar surface area (TPSA) is 55.5 Å². The van der Waals surface area contributed by atoms with E-state index in [1.54, 1.807) is 10.6 Å². The summed E-state index contributed by atoms with van der Waals surface area (Å²) < 4.78 is 4.13. The van der Waals surface area contributed by atoms with E-state index in [1.165, 1.54) is 11.3 Å². The molecule has 1 unspecified atom stereocenters. The fourth-order valence-electron chi connectivity index (χ4n) is 3.60. The van der Waals surface area contributed by atoms with Gasteiger partial charge >= 0.3 is 0 Å². The van der Waals surface area contributed by atoms with E-state index < -0.39 is 0 Å². The van der Waals surface area contributed by atoms with E-state index >= 15 is 0 Å². The SMILES string of the molecule is CCC(C)NC(=O)Cn1c(=O)c2ccccc2n2c(=S)sc(-c3cccc(C)c3)c12. The Bertz CT molecular complexity index is 1380. The molecule has 0 radical (unpaired) electrons. The molecule has 0 saturated carbocycles. The lowest BCUT2D eigenvalue weighted by molar-refractivity contribution is -0.122. The number of fused-ring (bicyclic) bond motifs is 3. The number of nitrogens with zero attached hydrogens (tertiary/aromatic N) is 2. The summed E-state index contributed by atoms with van der Waals surface area (Å²) in [6.45, 7) is 5.94. The van der Waals surface area contributed by atoms with Crippen molar-refractivity contribution in [2.24, 2.45) is 0 Å². The molecule has 0 fully saturated rings. The Hall–Kier alpha value is -2.77. The number of hydrogen-bond acceptors (Lipinski definition) is 4. The summed E-state index contributed by atoms with van der Waals surface area (Å²) in [5.74, 6) is -0.184. The van der Waals surface area contributed by atoms with Crippen LogP contribution in [0.15, 0.2) is 53.3 Å². The first-order chi connectivity index (χ1) is 14.4. The third-order valence-corrected chi connectivity index (χ3v) is 6.68. The molecule has 0 bridgehead atoms. The number of rotatable bonds is 5. The number of carbonyl (C=O) groups is 1. The van der Waals surface area contributed by atoms with Crippen LogP contribution in [0, 0.1) is 10.9 Å². The van der Waals surface area contributed by atoms with E-state index in [0.717, 1.165) is 27.9 Å². The number of thiazole rings is 1. The number of benzene rings is 2. The van der Waals surface area contributed by atoms with Gasteiger partial charge in [0.2, 0.25) is 5.91 Å². The Kier molecular flexibility index (Phi) is 5.58. The molecule has 154 valence electrons. The fraction of sp³-hybridized carbons (Fsp3) is 0.261. The lowest BCUT2D eigenvalue weighted by Crippen LogP contribution is -2.37. The second-order valence-electron chi connectivity index (χ2n) is 7.51. The molecule has 7 heteroatoms. The highest BCUT2D eigenvalue weighted by Crippen LogP contribution is 2.33. The molecule has 4 aromatic rings. The first-order valence-corrected chi connectivity index (χ1v) is 11.2. The summed E-state index contributed by atoms with van der Waals surface area (Å²) in [6.07, 6.45) is 0.825. The number of aryl methyl sites for hydroxylation is 1. The summed E-state index contributed by atoms with van der Waals surface area (Å²) in [4.78, 5) is 27.0. The zero-order valence-corrected chi connectivity index (χ0v) is 18.8. The maximum Gasteiger partial charge on any atom is 0.262 e. The predicted molar refractivity (Wildman–Crippen MR) is 126 cm³/mol. The molecule has 0 aliphatic heterocycles. The first kappa shape index (κ1) is 20.5. The molecule has 0 aliphatic carbocycles. The van der Waals surface area contributed by atoms with E-state index in [1.807, 2.05) is 61.6 Å². The average Bonchev–Trinajstić information content (AvgIpc) is 3.08. The van der Waals surface area contributed by atoms with Gasteiger partial charge in [-0.1, -0.05) is 48.9 Å². The Morgan fingerprint density at radius 2 is 1.97 bits per heavy atom. The molecular formula is C23H23N3O2S2. The minimum atomic E-state index is -0.188. The van der Waals surface area contributed by atoms with Gasteiger partial charge in [-0.3, -0.25) is 18.6 Å². The second kappa shape index (κ2) is 8.16. The molecular weight excluding hydrogens is 414 g/mol.